The van der Waals surface area contributed by atoms with Crippen molar-refractivity contribution in [2.75, 3.05) is 19.7 Å². The van der Waals surface area contributed by atoms with Gasteiger partial charge in [0, 0.05) is 25.8 Å². The Bertz CT molecular complexity index is 489. The van der Waals surface area contributed by atoms with Crippen molar-refractivity contribution in [1.82, 2.24) is 4.90 Å². The molecule has 0 bridgehead atoms. The average molecular weight is 258 g/mol. The Hall–Kier alpha value is -2.12. The molecule has 100 valence electrons. The minimum atomic E-state index is -0.0849. The number of nitrogens with zero attached hydrogens (tertiary/aromatic N) is 2. The molecule has 4 heteroatoms. The number of hydrogen-bond donors (Lipinski definition) is 1. The summed E-state index contributed by atoms with van der Waals surface area (Å²) in [5.41, 5.74) is 1.40. The number of rotatable bonds is 6. The molecule has 0 aliphatic carbocycles. The van der Waals surface area contributed by atoms with Gasteiger partial charge < -0.3 is 10.0 Å². The first kappa shape index (κ1) is 14.9. The van der Waals surface area contributed by atoms with Crippen LogP contribution >= 0.6 is 0 Å². The Kier molecular flexibility index (Phi) is 6.34. The zero-order chi connectivity index (χ0) is 14.1. The topological polar surface area (TPSA) is 64.3 Å². The average Bonchev–Trinajstić information content (AvgIpc) is 2.46. The molecular weight excluding hydrogens is 240 g/mol. The second-order valence-corrected chi connectivity index (χ2v) is 4.07. The maximum Gasteiger partial charge on any atom is 0.246 e. The third kappa shape index (κ3) is 4.94. The highest BCUT2D eigenvalue weighted by Gasteiger charge is 2.06. The Labute approximate surface area is 113 Å². The lowest BCUT2D eigenvalue weighted by atomic mass is 10.1. The highest BCUT2D eigenvalue weighted by atomic mass is 16.3. The fourth-order valence-electron chi connectivity index (χ4n) is 1.67. The normalized spacial score (nSPS) is 10.4. The van der Waals surface area contributed by atoms with Crippen LogP contribution in [0.1, 0.15) is 24.5 Å². The van der Waals surface area contributed by atoms with E-state index >= 15 is 0 Å². The van der Waals surface area contributed by atoms with Crippen LogP contribution in [0, 0.1) is 11.3 Å². The summed E-state index contributed by atoms with van der Waals surface area (Å²) in [6, 6.07) is 9.14. The number of carbonyl (C=O) groups excluding carboxylic acids is 1. The van der Waals surface area contributed by atoms with Crippen molar-refractivity contribution in [3.05, 3.63) is 41.5 Å². The molecule has 1 amide bonds. The SMILES string of the molecule is CCN(CCCO)C(=O)/C=C/c1cccc(C#N)c1. The maximum atomic E-state index is 11.9. The van der Waals surface area contributed by atoms with E-state index in [4.69, 9.17) is 10.4 Å². The van der Waals surface area contributed by atoms with Gasteiger partial charge in [0.1, 0.15) is 0 Å². The fourth-order valence-corrected chi connectivity index (χ4v) is 1.67. The van der Waals surface area contributed by atoms with Crippen LogP contribution in [0.3, 0.4) is 0 Å². The molecule has 0 fully saturated rings. The molecule has 4 nitrogen and oxygen atoms in total. The van der Waals surface area contributed by atoms with Crippen LogP contribution in [0.25, 0.3) is 6.08 Å². The van der Waals surface area contributed by atoms with Gasteiger partial charge in [-0.2, -0.15) is 5.26 Å². The van der Waals surface area contributed by atoms with Crippen LogP contribution in [-0.2, 0) is 4.79 Å². The van der Waals surface area contributed by atoms with Gasteiger partial charge in [-0.3, -0.25) is 4.79 Å². The van der Waals surface area contributed by atoms with E-state index in [1.165, 1.54) is 6.08 Å². The van der Waals surface area contributed by atoms with Crippen molar-refractivity contribution in [2.24, 2.45) is 0 Å². The van der Waals surface area contributed by atoms with Crippen molar-refractivity contribution in [2.45, 2.75) is 13.3 Å². The second kappa shape index (κ2) is 8.06. The molecule has 0 saturated carbocycles. The number of likely N-dealkylation sites (N-methyl/N-ethyl adjacent to an activating group) is 1. The van der Waals surface area contributed by atoms with E-state index in [0.29, 0.717) is 25.1 Å². The molecule has 1 aromatic rings. The summed E-state index contributed by atoms with van der Waals surface area (Å²) in [6.45, 7) is 3.15. The van der Waals surface area contributed by atoms with Gasteiger partial charge in [-0.25, -0.2) is 0 Å². The van der Waals surface area contributed by atoms with Gasteiger partial charge in [0.05, 0.1) is 11.6 Å². The van der Waals surface area contributed by atoms with E-state index in [2.05, 4.69) is 6.07 Å². The van der Waals surface area contributed by atoms with E-state index in [9.17, 15) is 4.79 Å². The number of aliphatic hydroxyl groups excluding tert-OH is 1. The van der Waals surface area contributed by atoms with Crippen LogP contribution in [0.5, 0.6) is 0 Å². The van der Waals surface area contributed by atoms with Crippen molar-refractivity contribution in [3.63, 3.8) is 0 Å². The lowest BCUT2D eigenvalue weighted by molar-refractivity contribution is -0.125. The quantitative estimate of drug-likeness (QED) is 0.791. The van der Waals surface area contributed by atoms with E-state index < -0.39 is 0 Å². The van der Waals surface area contributed by atoms with Gasteiger partial charge in [0.15, 0.2) is 0 Å². The van der Waals surface area contributed by atoms with E-state index in [1.54, 1.807) is 29.2 Å². The monoisotopic (exact) mass is 258 g/mol. The molecule has 0 unspecified atom stereocenters. The van der Waals surface area contributed by atoms with E-state index in [1.807, 2.05) is 13.0 Å². The molecule has 0 heterocycles. The van der Waals surface area contributed by atoms with Crippen molar-refractivity contribution < 1.29 is 9.90 Å². The van der Waals surface area contributed by atoms with Gasteiger partial charge >= 0.3 is 0 Å². The molecular formula is C15H18N2O2. The molecule has 0 saturated heterocycles. The number of amides is 1. The summed E-state index contributed by atoms with van der Waals surface area (Å²) in [4.78, 5) is 13.6. The standard InChI is InChI=1S/C15H18N2O2/c1-2-17(9-4-10-18)15(19)8-7-13-5-3-6-14(11-13)12-16/h3,5-8,11,18H,2,4,9-10H2,1H3/b8-7+. The molecule has 0 radical (unpaired) electrons. The summed E-state index contributed by atoms with van der Waals surface area (Å²) < 4.78 is 0. The molecule has 0 atom stereocenters. The number of hydrogen-bond acceptors (Lipinski definition) is 3. The number of carbonyl (C=O) groups is 1. The van der Waals surface area contributed by atoms with E-state index in [0.717, 1.165) is 5.56 Å². The molecule has 19 heavy (non-hydrogen) atoms. The first-order valence-electron chi connectivity index (χ1n) is 6.29. The Balaban J connectivity index is 2.68. The lowest BCUT2D eigenvalue weighted by Crippen LogP contribution is -2.30. The van der Waals surface area contributed by atoms with Gasteiger partial charge in [-0.1, -0.05) is 12.1 Å². The first-order chi connectivity index (χ1) is 9.21. The van der Waals surface area contributed by atoms with Gasteiger partial charge in [-0.15, -0.1) is 0 Å². The van der Waals surface area contributed by atoms with Crippen LogP contribution < -0.4 is 0 Å². The summed E-state index contributed by atoms with van der Waals surface area (Å²) >= 11 is 0. The highest BCUT2D eigenvalue weighted by molar-refractivity contribution is 5.91. The van der Waals surface area contributed by atoms with Crippen molar-refractivity contribution in [1.29, 1.82) is 5.26 Å². The molecule has 1 aromatic carbocycles. The third-order valence-corrected chi connectivity index (χ3v) is 2.71. The van der Waals surface area contributed by atoms with Gasteiger partial charge in [-0.05, 0) is 37.1 Å². The molecule has 1 N–H and O–H groups in total. The third-order valence-electron chi connectivity index (χ3n) is 2.71. The smallest absolute Gasteiger partial charge is 0.246 e. The molecule has 0 aliphatic rings. The van der Waals surface area contributed by atoms with Gasteiger partial charge in [0.25, 0.3) is 0 Å². The number of nitriles is 1. The van der Waals surface area contributed by atoms with Crippen molar-refractivity contribution >= 4 is 12.0 Å². The molecule has 0 aromatic heterocycles. The van der Waals surface area contributed by atoms with Crippen LogP contribution in [0.2, 0.25) is 0 Å². The summed E-state index contributed by atoms with van der Waals surface area (Å²) in [5.74, 6) is -0.0849. The summed E-state index contributed by atoms with van der Waals surface area (Å²) in [7, 11) is 0. The van der Waals surface area contributed by atoms with Crippen LogP contribution in [0.4, 0.5) is 0 Å². The summed E-state index contributed by atoms with van der Waals surface area (Å²) in [5, 5.41) is 17.6. The van der Waals surface area contributed by atoms with E-state index in [-0.39, 0.29) is 12.5 Å². The predicted octanol–water partition coefficient (Wildman–Crippen LogP) is 1.80. The number of benzene rings is 1. The van der Waals surface area contributed by atoms with Crippen LogP contribution in [0.15, 0.2) is 30.3 Å². The first-order valence-corrected chi connectivity index (χ1v) is 6.29. The minimum Gasteiger partial charge on any atom is -0.396 e. The van der Waals surface area contributed by atoms with Crippen LogP contribution in [-0.4, -0.2) is 35.6 Å². The second-order valence-electron chi connectivity index (χ2n) is 4.07. The summed E-state index contributed by atoms with van der Waals surface area (Å²) in [6.07, 6.45) is 3.78. The predicted molar refractivity (Wildman–Crippen MR) is 74.1 cm³/mol. The molecule has 1 rings (SSSR count). The zero-order valence-electron chi connectivity index (χ0n) is 11.0. The Morgan fingerprint density at radius 3 is 2.95 bits per heavy atom. The lowest BCUT2D eigenvalue weighted by Gasteiger charge is -2.18. The van der Waals surface area contributed by atoms with Gasteiger partial charge in [0.2, 0.25) is 5.91 Å². The zero-order valence-corrected chi connectivity index (χ0v) is 11.0. The highest BCUT2D eigenvalue weighted by Crippen LogP contribution is 2.06. The molecule has 0 aliphatic heterocycles. The largest absolute Gasteiger partial charge is 0.396 e. The Morgan fingerprint density at radius 2 is 2.32 bits per heavy atom. The minimum absolute atomic E-state index is 0.0811. The molecule has 0 spiro atoms. The maximum absolute atomic E-state index is 11.9. The Morgan fingerprint density at radius 1 is 1.53 bits per heavy atom. The fraction of sp³-hybridized carbons (Fsp3) is 0.333. The number of aliphatic hydroxyl groups is 1. The van der Waals surface area contributed by atoms with Crippen molar-refractivity contribution in [3.8, 4) is 6.07 Å².